The van der Waals surface area contributed by atoms with Crippen molar-refractivity contribution in [2.24, 2.45) is 7.05 Å². The van der Waals surface area contributed by atoms with Crippen LogP contribution in [0.15, 0.2) is 36.4 Å². The molecule has 0 radical (unpaired) electrons. The summed E-state index contributed by atoms with van der Waals surface area (Å²) in [7, 11) is 4.96. The van der Waals surface area contributed by atoms with E-state index < -0.39 is 0 Å². The van der Waals surface area contributed by atoms with Crippen LogP contribution in [-0.2, 0) is 23.1 Å². The molecule has 1 aliphatic heterocycles. The van der Waals surface area contributed by atoms with E-state index in [-0.39, 0.29) is 17.9 Å². The Morgan fingerprint density at radius 3 is 2.69 bits per heavy atom. The standard InChI is InChI=1S/C23H26N4O5/c1-27-17-8-7-15(25-22(28)14-6-9-18(30-2)20(11-14)31-3)12-16(17)26-21(27)13-24-23(29)19-5-4-10-32-19/h6-9,11-12,19H,4-5,10,13H2,1-3H3,(H,24,29)(H,25,28). The smallest absolute Gasteiger partial charge is 0.255 e. The van der Waals surface area contributed by atoms with Crippen LogP contribution in [0.1, 0.15) is 29.0 Å². The summed E-state index contributed by atoms with van der Waals surface area (Å²) in [5, 5.41) is 5.78. The van der Waals surface area contributed by atoms with Gasteiger partial charge in [0.15, 0.2) is 11.5 Å². The minimum atomic E-state index is -0.372. The van der Waals surface area contributed by atoms with Gasteiger partial charge in [0.25, 0.3) is 5.91 Å². The second-order valence-electron chi connectivity index (χ2n) is 7.53. The van der Waals surface area contributed by atoms with Gasteiger partial charge in [-0.15, -0.1) is 0 Å². The van der Waals surface area contributed by atoms with Crippen molar-refractivity contribution >= 4 is 28.5 Å². The Kier molecular flexibility index (Phi) is 6.27. The maximum Gasteiger partial charge on any atom is 0.255 e. The number of ether oxygens (including phenoxy) is 3. The first-order valence-electron chi connectivity index (χ1n) is 10.4. The molecule has 1 aliphatic rings. The molecule has 2 N–H and O–H groups in total. The summed E-state index contributed by atoms with van der Waals surface area (Å²) in [5.41, 5.74) is 2.68. The van der Waals surface area contributed by atoms with Crippen LogP contribution in [0.25, 0.3) is 11.0 Å². The fraction of sp³-hybridized carbons (Fsp3) is 0.348. The van der Waals surface area contributed by atoms with Crippen molar-refractivity contribution in [2.75, 3.05) is 26.1 Å². The summed E-state index contributed by atoms with van der Waals surface area (Å²) in [5.74, 6) is 1.37. The van der Waals surface area contributed by atoms with Gasteiger partial charge in [0.2, 0.25) is 5.91 Å². The number of aryl methyl sites for hydroxylation is 1. The van der Waals surface area contributed by atoms with Crippen molar-refractivity contribution < 1.29 is 23.8 Å². The van der Waals surface area contributed by atoms with Crippen molar-refractivity contribution in [1.82, 2.24) is 14.9 Å². The van der Waals surface area contributed by atoms with Crippen LogP contribution >= 0.6 is 0 Å². The van der Waals surface area contributed by atoms with Crippen molar-refractivity contribution in [2.45, 2.75) is 25.5 Å². The highest BCUT2D eigenvalue weighted by molar-refractivity contribution is 6.05. The summed E-state index contributed by atoms with van der Waals surface area (Å²) in [6.07, 6.45) is 1.28. The van der Waals surface area contributed by atoms with Gasteiger partial charge in [-0.1, -0.05) is 0 Å². The Morgan fingerprint density at radius 1 is 1.16 bits per heavy atom. The number of nitrogens with one attached hydrogen (secondary N) is 2. The first-order chi connectivity index (χ1) is 15.5. The number of carbonyl (C=O) groups is 2. The average Bonchev–Trinajstić information content (AvgIpc) is 3.45. The molecule has 0 spiro atoms. The molecular weight excluding hydrogens is 412 g/mol. The zero-order chi connectivity index (χ0) is 22.7. The average molecular weight is 438 g/mol. The molecule has 2 aromatic carbocycles. The maximum atomic E-state index is 12.7. The highest BCUT2D eigenvalue weighted by Crippen LogP contribution is 2.28. The summed E-state index contributed by atoms with van der Waals surface area (Å²) >= 11 is 0. The lowest BCUT2D eigenvalue weighted by atomic mass is 10.1. The fourth-order valence-electron chi connectivity index (χ4n) is 3.73. The van der Waals surface area contributed by atoms with Gasteiger partial charge in [0.05, 0.1) is 31.8 Å². The Labute approximate surface area is 185 Å². The van der Waals surface area contributed by atoms with Crippen LogP contribution in [0.3, 0.4) is 0 Å². The molecular formula is C23H26N4O5. The molecule has 2 amide bonds. The predicted octanol–water partition coefficient (Wildman–Crippen LogP) is 2.64. The van der Waals surface area contributed by atoms with E-state index >= 15 is 0 Å². The number of nitrogens with zero attached hydrogens (tertiary/aromatic N) is 2. The normalized spacial score (nSPS) is 15.5. The first-order valence-corrected chi connectivity index (χ1v) is 10.4. The molecule has 1 unspecified atom stereocenters. The van der Waals surface area contributed by atoms with Crippen LogP contribution in [0, 0.1) is 0 Å². The van der Waals surface area contributed by atoms with Crippen molar-refractivity contribution in [3.8, 4) is 11.5 Å². The molecule has 1 atom stereocenters. The monoisotopic (exact) mass is 438 g/mol. The van der Waals surface area contributed by atoms with E-state index in [1.165, 1.54) is 7.11 Å². The predicted molar refractivity (Wildman–Crippen MR) is 119 cm³/mol. The third-order valence-corrected chi connectivity index (χ3v) is 5.52. The number of hydrogen-bond acceptors (Lipinski definition) is 6. The molecule has 9 heteroatoms. The van der Waals surface area contributed by atoms with Crippen LogP contribution in [0.2, 0.25) is 0 Å². The lowest BCUT2D eigenvalue weighted by Crippen LogP contribution is -2.34. The summed E-state index contributed by atoms with van der Waals surface area (Å²) in [4.78, 5) is 29.5. The molecule has 9 nitrogen and oxygen atoms in total. The van der Waals surface area contributed by atoms with E-state index in [1.54, 1.807) is 31.4 Å². The molecule has 168 valence electrons. The second kappa shape index (κ2) is 9.27. The number of carbonyl (C=O) groups excluding carboxylic acids is 2. The minimum Gasteiger partial charge on any atom is -0.493 e. The van der Waals surface area contributed by atoms with Crippen LogP contribution in [-0.4, -0.2) is 48.3 Å². The van der Waals surface area contributed by atoms with Gasteiger partial charge < -0.3 is 29.4 Å². The molecule has 1 saturated heterocycles. The molecule has 3 aromatic rings. The fourth-order valence-corrected chi connectivity index (χ4v) is 3.73. The zero-order valence-electron chi connectivity index (χ0n) is 18.3. The van der Waals surface area contributed by atoms with Gasteiger partial charge in [-0.05, 0) is 49.2 Å². The highest BCUT2D eigenvalue weighted by Gasteiger charge is 2.23. The number of rotatable bonds is 7. The number of anilines is 1. The number of imidazole rings is 1. The van der Waals surface area contributed by atoms with E-state index in [0.717, 1.165) is 29.7 Å². The molecule has 4 rings (SSSR count). The Hall–Kier alpha value is -3.59. The van der Waals surface area contributed by atoms with E-state index in [1.807, 2.05) is 23.7 Å². The molecule has 0 aliphatic carbocycles. The van der Waals surface area contributed by atoms with Crippen LogP contribution in [0.4, 0.5) is 5.69 Å². The molecule has 0 bridgehead atoms. The van der Waals surface area contributed by atoms with Gasteiger partial charge in [0.1, 0.15) is 11.9 Å². The minimum absolute atomic E-state index is 0.113. The number of fused-ring (bicyclic) bond motifs is 1. The third-order valence-electron chi connectivity index (χ3n) is 5.52. The number of hydrogen-bond donors (Lipinski definition) is 2. The molecule has 32 heavy (non-hydrogen) atoms. The summed E-state index contributed by atoms with van der Waals surface area (Å²) < 4.78 is 17.8. The first kappa shape index (κ1) is 21.6. The van der Waals surface area contributed by atoms with E-state index in [9.17, 15) is 9.59 Å². The van der Waals surface area contributed by atoms with E-state index in [4.69, 9.17) is 14.2 Å². The van der Waals surface area contributed by atoms with E-state index in [0.29, 0.717) is 35.9 Å². The lowest BCUT2D eigenvalue weighted by molar-refractivity contribution is -0.130. The maximum absolute atomic E-state index is 12.7. The van der Waals surface area contributed by atoms with Crippen LogP contribution < -0.4 is 20.1 Å². The Balaban J connectivity index is 1.47. The van der Waals surface area contributed by atoms with Gasteiger partial charge in [-0.3, -0.25) is 9.59 Å². The zero-order valence-corrected chi connectivity index (χ0v) is 18.3. The molecule has 0 saturated carbocycles. The highest BCUT2D eigenvalue weighted by atomic mass is 16.5. The van der Waals surface area contributed by atoms with E-state index in [2.05, 4.69) is 15.6 Å². The second-order valence-corrected chi connectivity index (χ2v) is 7.53. The number of amides is 2. The third kappa shape index (κ3) is 4.38. The SMILES string of the molecule is COc1ccc(C(=O)Nc2ccc3c(c2)nc(CNC(=O)C2CCCO2)n3C)cc1OC. The number of aromatic nitrogens is 2. The van der Waals surface area contributed by atoms with Gasteiger partial charge in [-0.25, -0.2) is 4.98 Å². The summed E-state index contributed by atoms with van der Waals surface area (Å²) in [6, 6.07) is 10.5. The summed E-state index contributed by atoms with van der Waals surface area (Å²) in [6.45, 7) is 0.930. The lowest BCUT2D eigenvalue weighted by Gasteiger charge is -2.10. The van der Waals surface area contributed by atoms with Gasteiger partial charge >= 0.3 is 0 Å². The van der Waals surface area contributed by atoms with Crippen molar-refractivity contribution in [3.05, 3.63) is 47.8 Å². The topological polar surface area (TPSA) is 104 Å². The molecule has 1 fully saturated rings. The number of methoxy groups -OCH3 is 2. The van der Waals surface area contributed by atoms with Crippen LogP contribution in [0.5, 0.6) is 11.5 Å². The van der Waals surface area contributed by atoms with Crippen molar-refractivity contribution in [3.63, 3.8) is 0 Å². The quantitative estimate of drug-likeness (QED) is 0.588. The Bertz CT molecular complexity index is 1150. The van der Waals surface area contributed by atoms with Gasteiger partial charge in [0, 0.05) is 24.9 Å². The molecule has 2 heterocycles. The largest absolute Gasteiger partial charge is 0.493 e. The van der Waals surface area contributed by atoms with Gasteiger partial charge in [-0.2, -0.15) is 0 Å². The number of benzene rings is 2. The van der Waals surface area contributed by atoms with Crippen molar-refractivity contribution in [1.29, 1.82) is 0 Å². The molecule has 1 aromatic heterocycles. The Morgan fingerprint density at radius 2 is 1.97 bits per heavy atom.